The van der Waals surface area contributed by atoms with Crippen LogP contribution < -0.4 is 5.32 Å². The third kappa shape index (κ3) is 2.25. The Morgan fingerprint density at radius 3 is 2.88 bits per heavy atom. The summed E-state index contributed by atoms with van der Waals surface area (Å²) in [6.07, 6.45) is 0. The van der Waals surface area contributed by atoms with Crippen LogP contribution in [-0.4, -0.2) is 22.6 Å². The Kier molecular flexibility index (Phi) is 2.68. The van der Waals surface area contributed by atoms with Gasteiger partial charge in [-0.15, -0.1) is 0 Å². The number of carboxylic acids is 1. The second-order valence-electron chi connectivity index (χ2n) is 3.28. The van der Waals surface area contributed by atoms with Gasteiger partial charge in [0.1, 0.15) is 18.2 Å². The first-order valence-electron chi connectivity index (χ1n) is 4.67. The van der Waals surface area contributed by atoms with Gasteiger partial charge >= 0.3 is 5.97 Å². The van der Waals surface area contributed by atoms with Gasteiger partial charge in [-0.1, -0.05) is 0 Å². The van der Waals surface area contributed by atoms with Gasteiger partial charge in [-0.25, -0.2) is 9.37 Å². The fourth-order valence-corrected chi connectivity index (χ4v) is 1.35. The average molecular weight is 220 g/mol. The molecular weight excluding hydrogens is 211 g/mol. The quantitative estimate of drug-likeness (QED) is 0.828. The van der Waals surface area contributed by atoms with Gasteiger partial charge in [0.05, 0.1) is 5.52 Å². The first kappa shape index (κ1) is 10.4. The zero-order valence-electron chi connectivity index (χ0n) is 8.27. The van der Waals surface area contributed by atoms with Crippen LogP contribution in [0.15, 0.2) is 30.3 Å². The van der Waals surface area contributed by atoms with Gasteiger partial charge in [0, 0.05) is 11.5 Å². The Hall–Kier alpha value is -2.17. The molecule has 1 aromatic heterocycles. The number of anilines is 1. The normalized spacial score (nSPS) is 10.3. The summed E-state index contributed by atoms with van der Waals surface area (Å²) in [6, 6.07) is 7.70. The van der Waals surface area contributed by atoms with Crippen molar-refractivity contribution in [3.63, 3.8) is 0 Å². The molecule has 0 amide bonds. The van der Waals surface area contributed by atoms with E-state index in [4.69, 9.17) is 5.11 Å². The molecule has 2 rings (SSSR count). The number of fused-ring (bicyclic) bond motifs is 1. The molecule has 0 atom stereocenters. The number of aromatic nitrogens is 1. The van der Waals surface area contributed by atoms with Gasteiger partial charge in [-0.3, -0.25) is 4.79 Å². The first-order valence-corrected chi connectivity index (χ1v) is 4.67. The van der Waals surface area contributed by atoms with Gasteiger partial charge in [-0.05, 0) is 24.3 Å². The minimum Gasteiger partial charge on any atom is -0.480 e. The van der Waals surface area contributed by atoms with E-state index >= 15 is 0 Å². The van der Waals surface area contributed by atoms with Gasteiger partial charge in [0.25, 0.3) is 0 Å². The number of nitrogens with zero attached hydrogens (tertiary/aromatic N) is 1. The summed E-state index contributed by atoms with van der Waals surface area (Å²) in [5.41, 5.74) is 0.496. The Morgan fingerprint density at radius 1 is 1.38 bits per heavy atom. The molecule has 0 aliphatic rings. The molecule has 0 unspecified atom stereocenters. The minimum atomic E-state index is -0.971. The zero-order valence-corrected chi connectivity index (χ0v) is 8.27. The lowest BCUT2D eigenvalue weighted by atomic mass is 10.2. The highest BCUT2D eigenvalue weighted by molar-refractivity contribution is 5.81. The number of halogens is 1. The van der Waals surface area contributed by atoms with E-state index in [1.807, 2.05) is 0 Å². The molecule has 2 N–H and O–H groups in total. The number of benzene rings is 1. The number of aliphatic carboxylic acids is 1. The Balaban J connectivity index is 2.31. The number of hydrogen-bond acceptors (Lipinski definition) is 3. The fraction of sp³-hybridized carbons (Fsp3) is 0.0909. The monoisotopic (exact) mass is 220 g/mol. The van der Waals surface area contributed by atoms with Crippen molar-refractivity contribution in [3.8, 4) is 0 Å². The molecule has 16 heavy (non-hydrogen) atoms. The van der Waals surface area contributed by atoms with Crippen molar-refractivity contribution >= 4 is 22.7 Å². The molecule has 4 nitrogen and oxygen atoms in total. The molecule has 1 heterocycles. The molecular formula is C11H9FN2O2. The summed E-state index contributed by atoms with van der Waals surface area (Å²) in [7, 11) is 0. The predicted octanol–water partition coefficient (Wildman–Crippen LogP) is 1.87. The lowest BCUT2D eigenvalue weighted by Gasteiger charge is -2.03. The number of nitrogens with one attached hydrogen (secondary N) is 1. The highest BCUT2D eigenvalue weighted by atomic mass is 19.1. The van der Waals surface area contributed by atoms with Crippen molar-refractivity contribution in [2.45, 2.75) is 0 Å². The maximum absolute atomic E-state index is 12.9. The van der Waals surface area contributed by atoms with Crippen LogP contribution in [0.3, 0.4) is 0 Å². The van der Waals surface area contributed by atoms with Crippen LogP contribution in [0.2, 0.25) is 0 Å². The van der Waals surface area contributed by atoms with Gasteiger partial charge in [0.2, 0.25) is 0 Å². The standard InChI is InChI=1S/C11H9FN2O2/c12-8-3-1-7-2-4-10(13-6-11(15)16)14-9(7)5-8/h1-5H,6H2,(H,13,14)(H,15,16). The molecule has 82 valence electrons. The van der Waals surface area contributed by atoms with Gasteiger partial charge < -0.3 is 10.4 Å². The minimum absolute atomic E-state index is 0.214. The molecule has 0 aliphatic carbocycles. The van der Waals surface area contributed by atoms with E-state index in [1.54, 1.807) is 18.2 Å². The molecule has 0 fully saturated rings. The average Bonchev–Trinajstić information content (AvgIpc) is 2.25. The number of carbonyl (C=O) groups is 1. The van der Waals surface area contributed by atoms with E-state index in [1.165, 1.54) is 12.1 Å². The highest BCUT2D eigenvalue weighted by Gasteiger charge is 2.01. The maximum atomic E-state index is 12.9. The van der Waals surface area contributed by atoms with Crippen LogP contribution in [0.25, 0.3) is 10.9 Å². The summed E-state index contributed by atoms with van der Waals surface area (Å²) >= 11 is 0. The van der Waals surface area contributed by atoms with Crippen molar-refractivity contribution in [1.29, 1.82) is 0 Å². The summed E-state index contributed by atoms with van der Waals surface area (Å²) < 4.78 is 12.9. The third-order valence-electron chi connectivity index (χ3n) is 2.07. The number of rotatable bonds is 3. The number of hydrogen-bond donors (Lipinski definition) is 2. The molecule has 0 bridgehead atoms. The molecule has 0 spiro atoms. The molecule has 0 radical (unpaired) electrons. The summed E-state index contributed by atoms with van der Waals surface area (Å²) in [6.45, 7) is -0.214. The van der Waals surface area contributed by atoms with Crippen molar-refractivity contribution in [3.05, 3.63) is 36.1 Å². The van der Waals surface area contributed by atoms with Crippen LogP contribution in [0, 0.1) is 5.82 Å². The molecule has 2 aromatic rings. The lowest BCUT2D eigenvalue weighted by Crippen LogP contribution is -2.13. The Labute approximate surface area is 90.7 Å². The Morgan fingerprint density at radius 2 is 2.12 bits per heavy atom. The smallest absolute Gasteiger partial charge is 0.322 e. The predicted molar refractivity (Wildman–Crippen MR) is 57.8 cm³/mol. The second kappa shape index (κ2) is 4.14. The number of pyridine rings is 1. The van der Waals surface area contributed by atoms with E-state index in [0.29, 0.717) is 11.3 Å². The largest absolute Gasteiger partial charge is 0.480 e. The van der Waals surface area contributed by atoms with Gasteiger partial charge in [0.15, 0.2) is 0 Å². The fourth-order valence-electron chi connectivity index (χ4n) is 1.35. The topological polar surface area (TPSA) is 62.2 Å². The summed E-state index contributed by atoms with van der Waals surface area (Å²) in [5, 5.41) is 11.9. The summed E-state index contributed by atoms with van der Waals surface area (Å²) in [5.74, 6) is -0.919. The van der Waals surface area contributed by atoms with E-state index in [2.05, 4.69) is 10.3 Å². The maximum Gasteiger partial charge on any atom is 0.322 e. The van der Waals surface area contributed by atoms with Crippen LogP contribution in [0.1, 0.15) is 0 Å². The summed E-state index contributed by atoms with van der Waals surface area (Å²) in [4.78, 5) is 14.4. The molecule has 0 aliphatic heterocycles. The lowest BCUT2D eigenvalue weighted by molar-refractivity contribution is -0.134. The Bertz CT molecular complexity index is 542. The zero-order chi connectivity index (χ0) is 11.5. The highest BCUT2D eigenvalue weighted by Crippen LogP contribution is 2.16. The van der Waals surface area contributed by atoms with Crippen LogP contribution in [0.5, 0.6) is 0 Å². The molecule has 0 saturated carbocycles. The van der Waals surface area contributed by atoms with Crippen molar-refractivity contribution in [1.82, 2.24) is 4.98 Å². The van der Waals surface area contributed by atoms with Crippen LogP contribution >= 0.6 is 0 Å². The molecule has 0 saturated heterocycles. The van der Waals surface area contributed by atoms with E-state index < -0.39 is 5.97 Å². The van der Waals surface area contributed by atoms with Crippen molar-refractivity contribution in [2.24, 2.45) is 0 Å². The number of carboxylic acid groups (broad SMARTS) is 1. The van der Waals surface area contributed by atoms with Crippen molar-refractivity contribution in [2.75, 3.05) is 11.9 Å². The van der Waals surface area contributed by atoms with E-state index in [0.717, 1.165) is 5.39 Å². The van der Waals surface area contributed by atoms with Crippen LogP contribution in [0.4, 0.5) is 10.2 Å². The third-order valence-corrected chi connectivity index (χ3v) is 2.07. The molecule has 1 aromatic carbocycles. The van der Waals surface area contributed by atoms with E-state index in [9.17, 15) is 9.18 Å². The second-order valence-corrected chi connectivity index (χ2v) is 3.28. The van der Waals surface area contributed by atoms with Crippen molar-refractivity contribution < 1.29 is 14.3 Å². The van der Waals surface area contributed by atoms with Gasteiger partial charge in [-0.2, -0.15) is 0 Å². The van der Waals surface area contributed by atoms with Crippen LogP contribution in [-0.2, 0) is 4.79 Å². The SMILES string of the molecule is O=C(O)CNc1ccc2ccc(F)cc2n1. The first-order chi connectivity index (χ1) is 7.65. The molecule has 5 heteroatoms. The van der Waals surface area contributed by atoms with E-state index in [-0.39, 0.29) is 12.4 Å².